The van der Waals surface area contributed by atoms with Crippen LogP contribution in [0.3, 0.4) is 0 Å². The van der Waals surface area contributed by atoms with E-state index in [1.807, 2.05) is 6.92 Å². The van der Waals surface area contributed by atoms with Crippen LogP contribution in [0.5, 0.6) is 0 Å². The molecule has 2 nitrogen and oxygen atoms in total. The molecule has 5 heteroatoms. The molecule has 1 aromatic rings. The first-order valence-corrected chi connectivity index (χ1v) is 6.41. The van der Waals surface area contributed by atoms with Crippen molar-refractivity contribution in [1.29, 1.82) is 0 Å². The van der Waals surface area contributed by atoms with Gasteiger partial charge in [-0.05, 0) is 41.4 Å². The average Bonchev–Trinajstić information content (AvgIpc) is 2.36. The molecule has 0 saturated carbocycles. The van der Waals surface area contributed by atoms with Gasteiger partial charge in [0.25, 0.3) is 0 Å². The molecule has 0 bridgehead atoms. The first-order valence-electron chi connectivity index (χ1n) is 5.62. The number of ether oxygens (including phenoxy) is 1. The van der Waals surface area contributed by atoms with Gasteiger partial charge < -0.3 is 4.74 Å². The number of ketones is 1. The molecule has 0 radical (unpaired) electrons. The summed E-state index contributed by atoms with van der Waals surface area (Å²) < 4.78 is 32.2. The van der Waals surface area contributed by atoms with E-state index in [4.69, 9.17) is 4.74 Å². The van der Waals surface area contributed by atoms with Crippen LogP contribution in [0.1, 0.15) is 25.3 Å². The van der Waals surface area contributed by atoms with Crippen LogP contribution < -0.4 is 0 Å². The standard InChI is InChI=1S/C13H15BrF2O2/c1-8(18-2)3-4-9(17)7-10-12(15)6-5-11(14)13(10)16/h5-6,8H,3-4,7H2,1-2H3. The van der Waals surface area contributed by atoms with Gasteiger partial charge in [-0.2, -0.15) is 0 Å². The quantitative estimate of drug-likeness (QED) is 0.748. The van der Waals surface area contributed by atoms with E-state index < -0.39 is 11.6 Å². The molecule has 1 unspecified atom stereocenters. The molecule has 1 atom stereocenters. The van der Waals surface area contributed by atoms with Gasteiger partial charge in [0, 0.05) is 25.5 Å². The van der Waals surface area contributed by atoms with Crippen LogP contribution in [0.4, 0.5) is 8.78 Å². The van der Waals surface area contributed by atoms with Crippen molar-refractivity contribution in [2.24, 2.45) is 0 Å². The predicted octanol–water partition coefficient (Wildman–Crippen LogP) is 3.65. The summed E-state index contributed by atoms with van der Waals surface area (Å²) in [4.78, 5) is 11.6. The average molecular weight is 321 g/mol. The molecule has 1 aromatic carbocycles. The minimum Gasteiger partial charge on any atom is -0.382 e. The van der Waals surface area contributed by atoms with Gasteiger partial charge in [-0.25, -0.2) is 8.78 Å². The summed E-state index contributed by atoms with van der Waals surface area (Å²) in [7, 11) is 1.56. The molecule has 0 heterocycles. The van der Waals surface area contributed by atoms with Crippen LogP contribution in [-0.2, 0) is 16.0 Å². The SMILES string of the molecule is COC(C)CCC(=O)Cc1c(F)ccc(Br)c1F. The monoisotopic (exact) mass is 320 g/mol. The summed E-state index contributed by atoms with van der Waals surface area (Å²) in [6.45, 7) is 1.84. The van der Waals surface area contributed by atoms with Crippen molar-refractivity contribution in [1.82, 2.24) is 0 Å². The van der Waals surface area contributed by atoms with Crippen molar-refractivity contribution in [2.45, 2.75) is 32.3 Å². The fraction of sp³-hybridized carbons (Fsp3) is 0.462. The van der Waals surface area contributed by atoms with E-state index in [-0.39, 0.29) is 34.8 Å². The molecule has 18 heavy (non-hydrogen) atoms. The smallest absolute Gasteiger partial charge is 0.143 e. The first kappa shape index (κ1) is 15.2. The van der Waals surface area contributed by atoms with Gasteiger partial charge in [0.1, 0.15) is 17.4 Å². The highest BCUT2D eigenvalue weighted by Gasteiger charge is 2.16. The molecule has 0 aliphatic heterocycles. The van der Waals surface area contributed by atoms with Crippen molar-refractivity contribution in [3.63, 3.8) is 0 Å². The number of halogens is 3. The van der Waals surface area contributed by atoms with Crippen molar-refractivity contribution in [2.75, 3.05) is 7.11 Å². The molecule has 0 saturated heterocycles. The third-order valence-corrected chi connectivity index (χ3v) is 3.36. The molecule has 0 aromatic heterocycles. The lowest BCUT2D eigenvalue weighted by atomic mass is 10.0. The maximum Gasteiger partial charge on any atom is 0.143 e. The summed E-state index contributed by atoms with van der Waals surface area (Å²) in [5, 5.41) is 0. The maximum atomic E-state index is 13.6. The van der Waals surface area contributed by atoms with E-state index in [9.17, 15) is 13.6 Å². The topological polar surface area (TPSA) is 26.3 Å². The van der Waals surface area contributed by atoms with E-state index in [0.717, 1.165) is 6.07 Å². The van der Waals surface area contributed by atoms with Crippen molar-refractivity contribution in [3.8, 4) is 0 Å². The molecule has 0 amide bonds. The zero-order valence-electron chi connectivity index (χ0n) is 10.3. The fourth-order valence-electron chi connectivity index (χ4n) is 1.50. The predicted molar refractivity (Wildman–Crippen MR) is 68.5 cm³/mol. The Morgan fingerprint density at radius 2 is 2.11 bits per heavy atom. The van der Waals surface area contributed by atoms with E-state index in [1.54, 1.807) is 7.11 Å². The molecule has 0 aliphatic rings. The lowest BCUT2D eigenvalue weighted by Gasteiger charge is -2.09. The number of carbonyl (C=O) groups excluding carboxylic acids is 1. The Morgan fingerprint density at radius 3 is 2.72 bits per heavy atom. The third-order valence-electron chi connectivity index (χ3n) is 2.74. The van der Waals surface area contributed by atoms with E-state index in [1.165, 1.54) is 6.07 Å². The molecule has 0 fully saturated rings. The van der Waals surface area contributed by atoms with Gasteiger partial charge in [0.05, 0.1) is 10.6 Å². The Labute approximate surface area is 113 Å². The lowest BCUT2D eigenvalue weighted by molar-refractivity contribution is -0.119. The Morgan fingerprint density at radius 1 is 1.44 bits per heavy atom. The minimum absolute atomic E-state index is 0.0360. The van der Waals surface area contributed by atoms with E-state index in [0.29, 0.717) is 6.42 Å². The van der Waals surface area contributed by atoms with Gasteiger partial charge in [0.2, 0.25) is 0 Å². The molecule has 0 aliphatic carbocycles. The van der Waals surface area contributed by atoms with Gasteiger partial charge >= 0.3 is 0 Å². The second-order valence-electron chi connectivity index (χ2n) is 4.12. The largest absolute Gasteiger partial charge is 0.382 e. The number of hydrogen-bond donors (Lipinski definition) is 0. The summed E-state index contributed by atoms with van der Waals surface area (Å²) >= 11 is 2.97. The van der Waals surface area contributed by atoms with Crippen molar-refractivity contribution < 1.29 is 18.3 Å². The van der Waals surface area contributed by atoms with Crippen molar-refractivity contribution in [3.05, 3.63) is 33.8 Å². The molecular weight excluding hydrogens is 306 g/mol. The van der Waals surface area contributed by atoms with Gasteiger partial charge in [-0.15, -0.1) is 0 Å². The number of benzene rings is 1. The summed E-state index contributed by atoms with van der Waals surface area (Å²) in [6.07, 6.45) is 0.534. The fourth-order valence-corrected chi connectivity index (χ4v) is 1.87. The summed E-state index contributed by atoms with van der Waals surface area (Å²) in [5.41, 5.74) is -0.181. The Hall–Kier alpha value is -0.810. The zero-order valence-corrected chi connectivity index (χ0v) is 11.9. The Kier molecular flexibility index (Phi) is 5.88. The number of Topliss-reactive ketones (excluding diaryl/α,β-unsaturated/α-hetero) is 1. The molecular formula is C13H15BrF2O2. The van der Waals surface area contributed by atoms with Gasteiger partial charge in [-0.3, -0.25) is 4.79 Å². The summed E-state index contributed by atoms with van der Waals surface area (Å²) in [5.74, 6) is -1.60. The molecule has 100 valence electrons. The number of carbonyl (C=O) groups is 1. The number of hydrogen-bond acceptors (Lipinski definition) is 2. The minimum atomic E-state index is -0.705. The molecule has 1 rings (SSSR count). The highest BCUT2D eigenvalue weighted by molar-refractivity contribution is 9.10. The van der Waals surface area contributed by atoms with Gasteiger partial charge in [0.15, 0.2) is 0 Å². The molecule has 0 spiro atoms. The summed E-state index contributed by atoms with van der Waals surface area (Å²) in [6, 6.07) is 2.43. The highest BCUT2D eigenvalue weighted by Crippen LogP contribution is 2.22. The zero-order chi connectivity index (χ0) is 13.7. The number of rotatable bonds is 6. The number of methoxy groups -OCH3 is 1. The second kappa shape index (κ2) is 6.95. The van der Waals surface area contributed by atoms with Crippen LogP contribution in [-0.4, -0.2) is 19.0 Å². The third kappa shape index (κ3) is 4.14. The van der Waals surface area contributed by atoms with E-state index >= 15 is 0 Å². The Balaban J connectivity index is 2.68. The van der Waals surface area contributed by atoms with Gasteiger partial charge in [-0.1, -0.05) is 0 Å². The Bertz CT molecular complexity index is 435. The molecule has 0 N–H and O–H groups in total. The van der Waals surface area contributed by atoms with Crippen LogP contribution in [0.25, 0.3) is 0 Å². The van der Waals surface area contributed by atoms with Crippen LogP contribution in [0.2, 0.25) is 0 Å². The normalized spacial score (nSPS) is 12.5. The second-order valence-corrected chi connectivity index (χ2v) is 4.98. The van der Waals surface area contributed by atoms with Crippen LogP contribution >= 0.6 is 15.9 Å². The van der Waals surface area contributed by atoms with E-state index in [2.05, 4.69) is 15.9 Å². The van der Waals surface area contributed by atoms with Crippen molar-refractivity contribution >= 4 is 21.7 Å². The first-order chi connectivity index (χ1) is 8.45. The van der Waals surface area contributed by atoms with Crippen LogP contribution in [0, 0.1) is 11.6 Å². The maximum absolute atomic E-state index is 13.6. The van der Waals surface area contributed by atoms with Crippen LogP contribution in [0.15, 0.2) is 16.6 Å². The highest BCUT2D eigenvalue weighted by atomic mass is 79.9. The lowest BCUT2D eigenvalue weighted by Crippen LogP contribution is -2.11.